The third-order valence-electron chi connectivity index (χ3n) is 4.82. The summed E-state index contributed by atoms with van der Waals surface area (Å²) < 4.78 is 1.70. The number of piperazine rings is 1. The molecular weight excluding hydrogens is 362 g/mol. The molecule has 1 amide bonds. The molecule has 3 rings (SSSR count). The molecule has 1 aromatic heterocycles. The van der Waals surface area contributed by atoms with Crippen molar-refractivity contribution in [3.8, 4) is 0 Å². The second-order valence-electron chi connectivity index (χ2n) is 6.74. The van der Waals surface area contributed by atoms with Gasteiger partial charge in [0.25, 0.3) is 5.56 Å². The predicted molar refractivity (Wildman–Crippen MR) is 109 cm³/mol. The van der Waals surface area contributed by atoms with Gasteiger partial charge in [0.2, 0.25) is 5.91 Å². The summed E-state index contributed by atoms with van der Waals surface area (Å²) in [4.78, 5) is 33.9. The molecule has 7 nitrogen and oxygen atoms in total. The molecule has 1 aliphatic heterocycles. The number of carbonyl (C=O) groups excluding carboxylic acids is 1. The summed E-state index contributed by atoms with van der Waals surface area (Å²) in [7, 11) is 2.13. The van der Waals surface area contributed by atoms with Crippen LogP contribution in [0.25, 0.3) is 11.0 Å². The summed E-state index contributed by atoms with van der Waals surface area (Å²) in [6.45, 7) is 8.23. The third kappa shape index (κ3) is 5.09. The fourth-order valence-corrected chi connectivity index (χ4v) is 3.95. The Balaban J connectivity index is 1.53. The van der Waals surface area contributed by atoms with Crippen molar-refractivity contribution in [3.63, 3.8) is 0 Å². The van der Waals surface area contributed by atoms with E-state index in [1.165, 1.54) is 11.8 Å². The SMILES string of the molecule is CCn1c(=O)c(SCC(=O)NCCN2CCN(C)CC2)nc2ccccc21. The van der Waals surface area contributed by atoms with Gasteiger partial charge in [-0.3, -0.25) is 14.5 Å². The van der Waals surface area contributed by atoms with Crippen LogP contribution in [-0.2, 0) is 11.3 Å². The molecular formula is C19H27N5O2S. The van der Waals surface area contributed by atoms with Crippen molar-refractivity contribution >= 4 is 28.7 Å². The van der Waals surface area contributed by atoms with Crippen molar-refractivity contribution < 1.29 is 4.79 Å². The number of aryl methyl sites for hydroxylation is 1. The average molecular weight is 390 g/mol. The van der Waals surface area contributed by atoms with Crippen LogP contribution in [0.2, 0.25) is 0 Å². The molecule has 0 saturated carbocycles. The van der Waals surface area contributed by atoms with Gasteiger partial charge < -0.3 is 14.8 Å². The second kappa shape index (κ2) is 9.34. The number of nitrogens with zero attached hydrogens (tertiary/aromatic N) is 4. The van der Waals surface area contributed by atoms with E-state index in [4.69, 9.17) is 0 Å². The van der Waals surface area contributed by atoms with E-state index in [0.29, 0.717) is 18.1 Å². The lowest BCUT2D eigenvalue weighted by Crippen LogP contribution is -2.47. The van der Waals surface area contributed by atoms with E-state index in [-0.39, 0.29) is 17.2 Å². The molecule has 1 aromatic carbocycles. The molecule has 27 heavy (non-hydrogen) atoms. The van der Waals surface area contributed by atoms with Gasteiger partial charge in [-0.15, -0.1) is 0 Å². The number of hydrogen-bond donors (Lipinski definition) is 1. The van der Waals surface area contributed by atoms with Crippen LogP contribution < -0.4 is 10.9 Å². The zero-order valence-electron chi connectivity index (χ0n) is 16.0. The molecule has 1 aliphatic rings. The molecule has 146 valence electrons. The lowest BCUT2D eigenvalue weighted by atomic mass is 10.3. The van der Waals surface area contributed by atoms with Gasteiger partial charge >= 0.3 is 0 Å². The zero-order chi connectivity index (χ0) is 19.2. The lowest BCUT2D eigenvalue weighted by molar-refractivity contribution is -0.118. The monoisotopic (exact) mass is 389 g/mol. The summed E-state index contributed by atoms with van der Waals surface area (Å²) in [5, 5.41) is 3.32. The molecule has 2 heterocycles. The predicted octanol–water partition coefficient (Wildman–Crippen LogP) is 0.872. The molecule has 0 spiro atoms. The van der Waals surface area contributed by atoms with Crippen molar-refractivity contribution in [2.75, 3.05) is 52.1 Å². The molecule has 0 atom stereocenters. The van der Waals surface area contributed by atoms with Gasteiger partial charge in [0, 0.05) is 45.8 Å². The molecule has 1 saturated heterocycles. The summed E-state index contributed by atoms with van der Waals surface area (Å²) in [6.07, 6.45) is 0. The Morgan fingerprint density at radius 1 is 1.22 bits per heavy atom. The van der Waals surface area contributed by atoms with E-state index in [1.54, 1.807) is 4.57 Å². The Kier molecular flexibility index (Phi) is 6.87. The van der Waals surface area contributed by atoms with Crippen LogP contribution in [0.15, 0.2) is 34.1 Å². The number of thioether (sulfide) groups is 1. The van der Waals surface area contributed by atoms with E-state index in [2.05, 4.69) is 27.1 Å². The Bertz CT molecular complexity index is 846. The smallest absolute Gasteiger partial charge is 0.283 e. The van der Waals surface area contributed by atoms with E-state index in [1.807, 2.05) is 31.2 Å². The highest BCUT2D eigenvalue weighted by Gasteiger charge is 2.14. The highest BCUT2D eigenvalue weighted by Crippen LogP contribution is 2.16. The van der Waals surface area contributed by atoms with E-state index in [9.17, 15) is 9.59 Å². The van der Waals surface area contributed by atoms with Crippen molar-refractivity contribution in [3.05, 3.63) is 34.6 Å². The van der Waals surface area contributed by atoms with Gasteiger partial charge in [-0.05, 0) is 26.1 Å². The van der Waals surface area contributed by atoms with Crippen molar-refractivity contribution in [2.24, 2.45) is 0 Å². The van der Waals surface area contributed by atoms with E-state index in [0.717, 1.165) is 43.8 Å². The van der Waals surface area contributed by atoms with Crippen LogP contribution in [0.5, 0.6) is 0 Å². The molecule has 8 heteroatoms. The van der Waals surface area contributed by atoms with Gasteiger partial charge in [0.1, 0.15) is 0 Å². The number of amides is 1. The first-order valence-corrected chi connectivity index (χ1v) is 10.4. The molecule has 0 aliphatic carbocycles. The maximum Gasteiger partial charge on any atom is 0.283 e. The maximum atomic E-state index is 12.6. The second-order valence-corrected chi connectivity index (χ2v) is 7.70. The zero-order valence-corrected chi connectivity index (χ0v) is 16.8. The molecule has 0 unspecified atom stereocenters. The normalized spacial score (nSPS) is 15.9. The van der Waals surface area contributed by atoms with Crippen LogP contribution in [-0.4, -0.2) is 77.3 Å². The van der Waals surface area contributed by atoms with Crippen molar-refractivity contribution in [1.82, 2.24) is 24.7 Å². The van der Waals surface area contributed by atoms with Gasteiger partial charge in [-0.2, -0.15) is 0 Å². The highest BCUT2D eigenvalue weighted by molar-refractivity contribution is 7.99. The highest BCUT2D eigenvalue weighted by atomic mass is 32.2. The third-order valence-corrected chi connectivity index (χ3v) is 5.77. The van der Waals surface area contributed by atoms with Crippen LogP contribution in [0, 0.1) is 0 Å². The number of carbonyl (C=O) groups is 1. The first-order valence-electron chi connectivity index (χ1n) is 9.38. The number of para-hydroxylation sites is 2. The number of hydrogen-bond acceptors (Lipinski definition) is 6. The minimum absolute atomic E-state index is 0.0634. The van der Waals surface area contributed by atoms with Crippen LogP contribution >= 0.6 is 11.8 Å². The largest absolute Gasteiger partial charge is 0.354 e. The summed E-state index contributed by atoms with van der Waals surface area (Å²) in [6, 6.07) is 7.59. The minimum atomic E-state index is -0.133. The molecule has 0 radical (unpaired) electrons. The first-order chi connectivity index (χ1) is 13.1. The Morgan fingerprint density at radius 3 is 2.70 bits per heavy atom. The topological polar surface area (TPSA) is 70.5 Å². The van der Waals surface area contributed by atoms with Gasteiger partial charge in [0.15, 0.2) is 5.03 Å². The summed E-state index contributed by atoms with van der Waals surface area (Å²) in [5.41, 5.74) is 1.47. The first kappa shape index (κ1) is 19.9. The van der Waals surface area contributed by atoms with E-state index < -0.39 is 0 Å². The molecule has 1 N–H and O–H groups in total. The number of fused-ring (bicyclic) bond motifs is 1. The molecule has 1 fully saturated rings. The fraction of sp³-hybridized carbons (Fsp3) is 0.526. The fourth-order valence-electron chi connectivity index (χ4n) is 3.19. The number of nitrogens with one attached hydrogen (secondary N) is 1. The van der Waals surface area contributed by atoms with Crippen molar-refractivity contribution in [2.45, 2.75) is 18.5 Å². The molecule has 0 bridgehead atoms. The van der Waals surface area contributed by atoms with Crippen molar-refractivity contribution in [1.29, 1.82) is 0 Å². The number of rotatable bonds is 7. The van der Waals surface area contributed by atoms with E-state index >= 15 is 0 Å². The van der Waals surface area contributed by atoms with Crippen LogP contribution in [0.3, 0.4) is 0 Å². The van der Waals surface area contributed by atoms with Gasteiger partial charge in [-0.25, -0.2) is 4.98 Å². The minimum Gasteiger partial charge on any atom is -0.354 e. The Labute approximate surface area is 163 Å². The van der Waals surface area contributed by atoms with Crippen LogP contribution in [0.4, 0.5) is 0 Å². The quantitative estimate of drug-likeness (QED) is 0.709. The number of benzene rings is 1. The summed E-state index contributed by atoms with van der Waals surface area (Å²) in [5.74, 6) is 0.138. The Morgan fingerprint density at radius 2 is 1.96 bits per heavy atom. The number of likely N-dealkylation sites (N-methyl/N-ethyl adjacent to an activating group) is 1. The molecule has 2 aromatic rings. The number of aromatic nitrogens is 2. The lowest BCUT2D eigenvalue weighted by Gasteiger charge is -2.32. The van der Waals surface area contributed by atoms with Gasteiger partial charge in [0.05, 0.1) is 16.8 Å². The van der Waals surface area contributed by atoms with Crippen LogP contribution in [0.1, 0.15) is 6.92 Å². The Hall–Kier alpha value is -1.90. The summed E-state index contributed by atoms with van der Waals surface area (Å²) >= 11 is 1.21. The standard InChI is InChI=1S/C19H27N5O2S/c1-3-24-16-7-5-4-6-15(16)21-18(19(24)26)27-14-17(25)20-8-9-23-12-10-22(2)11-13-23/h4-7H,3,8-14H2,1-2H3,(H,20,25). The maximum absolute atomic E-state index is 12.6. The van der Waals surface area contributed by atoms with Gasteiger partial charge in [-0.1, -0.05) is 23.9 Å². The average Bonchev–Trinajstić information content (AvgIpc) is 2.68.